The van der Waals surface area contributed by atoms with Crippen molar-refractivity contribution in [2.75, 3.05) is 57.9 Å². The van der Waals surface area contributed by atoms with E-state index in [0.717, 1.165) is 49.6 Å². The number of aromatic hydroxyl groups is 1. The van der Waals surface area contributed by atoms with E-state index in [0.29, 0.717) is 56.4 Å². The highest BCUT2D eigenvalue weighted by atomic mass is 19.4. The van der Waals surface area contributed by atoms with E-state index in [9.17, 15) is 18.3 Å². The first-order chi connectivity index (χ1) is 17.4. The van der Waals surface area contributed by atoms with Crippen LogP contribution in [0.5, 0.6) is 5.75 Å². The lowest BCUT2D eigenvalue weighted by Crippen LogP contribution is -2.36. The summed E-state index contributed by atoms with van der Waals surface area (Å²) in [5.41, 5.74) is 2.28. The van der Waals surface area contributed by atoms with E-state index < -0.39 is 11.7 Å². The van der Waals surface area contributed by atoms with Crippen LogP contribution in [0.15, 0.2) is 36.7 Å². The number of nitrogens with one attached hydrogen (secondary N) is 1. The van der Waals surface area contributed by atoms with Crippen molar-refractivity contribution >= 4 is 22.4 Å². The normalized spacial score (nSPS) is 18.0. The minimum absolute atomic E-state index is 0.101. The minimum atomic E-state index is -4.51. The summed E-state index contributed by atoms with van der Waals surface area (Å²) in [5.74, 6) is 0.101. The zero-order valence-electron chi connectivity index (χ0n) is 19.7. The van der Waals surface area contributed by atoms with Gasteiger partial charge in [-0.15, -0.1) is 0 Å². The number of hydrogen-bond donors (Lipinski definition) is 2. The number of aromatic nitrogens is 2. The van der Waals surface area contributed by atoms with Crippen molar-refractivity contribution in [3.8, 4) is 5.75 Å². The number of ether oxygens (including phenoxy) is 2. The van der Waals surface area contributed by atoms with Crippen LogP contribution in [-0.4, -0.2) is 77.5 Å². The molecule has 2 saturated heterocycles. The molecule has 0 aliphatic carbocycles. The number of rotatable bonds is 6. The molecule has 0 radical (unpaired) electrons. The number of phenolic OH excluding ortho intramolecular Hbond substituents is 1. The Morgan fingerprint density at radius 2 is 1.56 bits per heavy atom. The van der Waals surface area contributed by atoms with Crippen molar-refractivity contribution in [3.63, 3.8) is 0 Å². The maximum atomic E-state index is 13.1. The molecule has 3 aromatic rings. The number of morpholine rings is 2. The molecule has 0 saturated carbocycles. The van der Waals surface area contributed by atoms with Gasteiger partial charge in [-0.3, -0.25) is 19.8 Å². The van der Waals surface area contributed by atoms with Crippen molar-refractivity contribution in [2.24, 2.45) is 0 Å². The van der Waals surface area contributed by atoms with Gasteiger partial charge in [0.2, 0.25) is 0 Å². The van der Waals surface area contributed by atoms with E-state index in [1.807, 2.05) is 12.1 Å². The molecule has 0 atom stereocenters. The van der Waals surface area contributed by atoms with Crippen molar-refractivity contribution in [1.29, 1.82) is 0 Å². The average molecular weight is 504 g/mol. The first-order valence-corrected chi connectivity index (χ1v) is 11.9. The summed E-state index contributed by atoms with van der Waals surface area (Å²) in [4.78, 5) is 12.6. The maximum absolute atomic E-state index is 13.1. The number of nitrogens with zero attached hydrogens (tertiary/aromatic N) is 4. The monoisotopic (exact) mass is 503 g/mol. The molecule has 2 aliphatic rings. The van der Waals surface area contributed by atoms with Crippen LogP contribution in [0.3, 0.4) is 0 Å². The number of phenols is 1. The minimum Gasteiger partial charge on any atom is -0.505 e. The molecule has 2 aliphatic heterocycles. The smallest absolute Gasteiger partial charge is 0.417 e. The SMILES string of the molecule is Oc1c(CN2CCOCC2)cc(CN2CCOCC2)cc1Nc1ccnc2cc(C(F)(F)F)cnc12. The molecule has 4 heterocycles. The molecule has 2 N–H and O–H groups in total. The Hall–Kier alpha value is -2.99. The van der Waals surface area contributed by atoms with Crippen molar-refractivity contribution < 1.29 is 27.8 Å². The van der Waals surface area contributed by atoms with Crippen LogP contribution in [0.4, 0.5) is 24.5 Å². The standard InChI is InChI=1S/C25H28F3N5O3/c26-25(27,28)19-13-21-23(30-14-19)20(1-2-29-21)31-22-12-17(15-32-3-7-35-8-4-32)11-18(24(22)34)16-33-5-9-36-10-6-33/h1-2,11-14,34H,3-10,15-16H2,(H,29,31). The zero-order chi connectivity index (χ0) is 25.1. The van der Waals surface area contributed by atoms with Crippen LogP contribution in [0.2, 0.25) is 0 Å². The second-order valence-electron chi connectivity index (χ2n) is 9.00. The Labute approximate surface area is 206 Å². The molecule has 36 heavy (non-hydrogen) atoms. The van der Waals surface area contributed by atoms with E-state index in [1.165, 1.54) is 6.20 Å². The second-order valence-corrected chi connectivity index (χ2v) is 9.00. The number of hydrogen-bond acceptors (Lipinski definition) is 8. The summed E-state index contributed by atoms with van der Waals surface area (Å²) in [6.07, 6.45) is -2.28. The molecule has 1 aromatic carbocycles. The summed E-state index contributed by atoms with van der Waals surface area (Å²) < 4.78 is 50.4. The van der Waals surface area contributed by atoms with Gasteiger partial charge in [0.15, 0.2) is 0 Å². The van der Waals surface area contributed by atoms with Gasteiger partial charge in [0.25, 0.3) is 0 Å². The fourth-order valence-electron chi connectivity index (χ4n) is 4.52. The van der Waals surface area contributed by atoms with E-state index in [4.69, 9.17) is 9.47 Å². The number of halogens is 3. The third-order valence-electron chi connectivity index (χ3n) is 6.43. The summed E-state index contributed by atoms with van der Waals surface area (Å²) in [5, 5.41) is 14.4. The van der Waals surface area contributed by atoms with Crippen LogP contribution in [0.25, 0.3) is 11.0 Å². The van der Waals surface area contributed by atoms with Crippen LogP contribution in [-0.2, 0) is 28.7 Å². The lowest BCUT2D eigenvalue weighted by Gasteiger charge is -2.29. The van der Waals surface area contributed by atoms with Gasteiger partial charge in [0.1, 0.15) is 11.3 Å². The van der Waals surface area contributed by atoms with Gasteiger partial charge >= 0.3 is 6.18 Å². The molecule has 0 unspecified atom stereocenters. The molecule has 2 aromatic heterocycles. The first-order valence-electron chi connectivity index (χ1n) is 11.9. The van der Waals surface area contributed by atoms with Gasteiger partial charge in [-0.25, -0.2) is 0 Å². The van der Waals surface area contributed by atoms with E-state index in [2.05, 4.69) is 25.1 Å². The molecule has 11 heteroatoms. The van der Waals surface area contributed by atoms with Gasteiger partial charge in [0, 0.05) is 57.2 Å². The largest absolute Gasteiger partial charge is 0.505 e. The fourth-order valence-corrected chi connectivity index (χ4v) is 4.52. The molecular formula is C25H28F3N5O3. The zero-order valence-corrected chi connectivity index (χ0v) is 19.7. The van der Waals surface area contributed by atoms with E-state index in [-0.39, 0.29) is 11.3 Å². The van der Waals surface area contributed by atoms with Crippen molar-refractivity contribution in [3.05, 3.63) is 53.3 Å². The van der Waals surface area contributed by atoms with E-state index in [1.54, 1.807) is 6.07 Å². The van der Waals surface area contributed by atoms with Crippen LogP contribution in [0.1, 0.15) is 16.7 Å². The van der Waals surface area contributed by atoms with Gasteiger partial charge in [-0.1, -0.05) is 0 Å². The molecule has 5 rings (SSSR count). The number of anilines is 2. The lowest BCUT2D eigenvalue weighted by atomic mass is 10.1. The number of benzene rings is 1. The summed E-state index contributed by atoms with van der Waals surface area (Å²) >= 11 is 0. The van der Waals surface area contributed by atoms with Crippen molar-refractivity contribution in [1.82, 2.24) is 19.8 Å². The van der Waals surface area contributed by atoms with Gasteiger partial charge in [0.05, 0.1) is 48.9 Å². The van der Waals surface area contributed by atoms with Gasteiger partial charge < -0.3 is 19.9 Å². The maximum Gasteiger partial charge on any atom is 0.417 e. The summed E-state index contributed by atoms with van der Waals surface area (Å²) in [6.45, 7) is 7.10. The van der Waals surface area contributed by atoms with Crippen LogP contribution >= 0.6 is 0 Å². The molecule has 8 nitrogen and oxygen atoms in total. The summed E-state index contributed by atoms with van der Waals surface area (Å²) in [7, 11) is 0. The quantitative estimate of drug-likeness (QED) is 0.492. The first kappa shape index (κ1) is 24.7. The lowest BCUT2D eigenvalue weighted by molar-refractivity contribution is -0.137. The van der Waals surface area contributed by atoms with Gasteiger partial charge in [-0.05, 0) is 29.8 Å². The fraction of sp³-hybridized carbons (Fsp3) is 0.440. The Bertz CT molecular complexity index is 1210. The predicted octanol–water partition coefficient (Wildman–Crippen LogP) is 3.76. The Balaban J connectivity index is 1.48. The molecule has 192 valence electrons. The number of alkyl halides is 3. The van der Waals surface area contributed by atoms with Crippen LogP contribution in [0, 0.1) is 0 Å². The third-order valence-corrected chi connectivity index (χ3v) is 6.43. The van der Waals surface area contributed by atoms with Crippen LogP contribution < -0.4 is 5.32 Å². The van der Waals surface area contributed by atoms with Gasteiger partial charge in [-0.2, -0.15) is 13.2 Å². The Kier molecular flexibility index (Phi) is 7.24. The number of fused-ring (bicyclic) bond motifs is 1. The second kappa shape index (κ2) is 10.6. The van der Waals surface area contributed by atoms with E-state index >= 15 is 0 Å². The molecule has 0 spiro atoms. The Morgan fingerprint density at radius 3 is 2.22 bits per heavy atom. The number of pyridine rings is 2. The highest BCUT2D eigenvalue weighted by Crippen LogP contribution is 2.36. The molecular weight excluding hydrogens is 475 g/mol. The molecule has 2 fully saturated rings. The average Bonchev–Trinajstić information content (AvgIpc) is 2.87. The molecule has 0 amide bonds. The van der Waals surface area contributed by atoms with Crippen molar-refractivity contribution in [2.45, 2.75) is 19.3 Å². The topological polar surface area (TPSA) is 83.0 Å². The molecule has 0 bridgehead atoms. The Morgan fingerprint density at radius 1 is 0.889 bits per heavy atom. The predicted molar refractivity (Wildman–Crippen MR) is 128 cm³/mol. The third kappa shape index (κ3) is 5.70. The summed E-state index contributed by atoms with van der Waals surface area (Å²) in [6, 6.07) is 6.51. The highest BCUT2D eigenvalue weighted by molar-refractivity contribution is 5.90. The highest BCUT2D eigenvalue weighted by Gasteiger charge is 2.31.